The van der Waals surface area contributed by atoms with Gasteiger partial charge in [-0.2, -0.15) is 0 Å². The Balaban J connectivity index is 1.33. The molecular weight excluding hydrogens is 370 g/mol. The largest absolute Gasteiger partial charge is 0.487 e. The van der Waals surface area contributed by atoms with Crippen molar-refractivity contribution in [2.24, 2.45) is 5.92 Å². The molecule has 1 aliphatic heterocycles. The number of carbonyl (C=O) groups is 1. The summed E-state index contributed by atoms with van der Waals surface area (Å²) in [4.78, 5) is 18.5. The maximum Gasteiger partial charge on any atom is 0.220 e. The molecule has 1 aliphatic rings. The van der Waals surface area contributed by atoms with Crippen molar-refractivity contribution >= 4 is 5.91 Å². The Kier molecular flexibility index (Phi) is 7.92. The Morgan fingerprint density at radius 3 is 2.97 bits per heavy atom. The highest BCUT2D eigenvalue weighted by molar-refractivity contribution is 5.75. The summed E-state index contributed by atoms with van der Waals surface area (Å²) in [7, 11) is 0. The number of likely N-dealkylation sites (tertiary alicyclic amines) is 1. The molecule has 2 aromatic rings. The quantitative estimate of drug-likeness (QED) is 0.646. The number of ether oxygens (including phenoxy) is 1. The standard InChI is InChI=1S/C20H31N7O2/c1-16-7-11-26(12-8-16)15-19-23-24-25-27(19)10-4-6-20(28)22-13-17(2)29-18-5-3-9-21-14-18/h3,5,9,14,16-17H,4,6-8,10-13,15H2,1-2H3,(H,22,28)/t17-/m0/s1. The molecule has 0 radical (unpaired) electrons. The van der Waals surface area contributed by atoms with Crippen LogP contribution in [0, 0.1) is 5.92 Å². The normalized spacial score (nSPS) is 16.5. The van der Waals surface area contributed by atoms with Crippen LogP contribution in [0.1, 0.15) is 45.4 Å². The van der Waals surface area contributed by atoms with E-state index in [0.29, 0.717) is 31.7 Å². The van der Waals surface area contributed by atoms with Gasteiger partial charge in [-0.1, -0.05) is 6.92 Å². The van der Waals surface area contributed by atoms with Crippen LogP contribution in [0.25, 0.3) is 0 Å². The SMILES string of the molecule is CC1CCN(Cc2nnnn2CCCC(=O)NC[C@H](C)Oc2cccnc2)CC1. The first kappa shape index (κ1) is 21.2. The highest BCUT2D eigenvalue weighted by Gasteiger charge is 2.18. The molecule has 9 heteroatoms. The first-order valence-electron chi connectivity index (χ1n) is 10.4. The number of tetrazole rings is 1. The Labute approximate surface area is 171 Å². The minimum atomic E-state index is -0.124. The zero-order valence-electron chi connectivity index (χ0n) is 17.3. The minimum absolute atomic E-state index is 0.00581. The molecule has 1 amide bonds. The summed E-state index contributed by atoms with van der Waals surface area (Å²) in [6.07, 6.45) is 6.81. The Morgan fingerprint density at radius 1 is 1.38 bits per heavy atom. The molecule has 1 saturated heterocycles. The molecule has 158 valence electrons. The third-order valence-electron chi connectivity index (χ3n) is 5.18. The molecule has 0 bridgehead atoms. The van der Waals surface area contributed by atoms with Crippen LogP contribution in [0.2, 0.25) is 0 Å². The molecule has 2 aromatic heterocycles. The second-order valence-corrected chi connectivity index (χ2v) is 7.80. The van der Waals surface area contributed by atoms with Crippen LogP contribution >= 0.6 is 0 Å². The van der Waals surface area contributed by atoms with Gasteiger partial charge in [-0.15, -0.1) is 5.10 Å². The van der Waals surface area contributed by atoms with Crippen molar-refractivity contribution in [2.45, 2.75) is 58.7 Å². The van der Waals surface area contributed by atoms with Crippen molar-refractivity contribution in [3.05, 3.63) is 30.4 Å². The van der Waals surface area contributed by atoms with Gasteiger partial charge in [-0.05, 0) is 67.8 Å². The van der Waals surface area contributed by atoms with E-state index in [2.05, 4.69) is 37.6 Å². The zero-order chi connectivity index (χ0) is 20.5. The van der Waals surface area contributed by atoms with Crippen molar-refractivity contribution in [3.63, 3.8) is 0 Å². The third kappa shape index (κ3) is 7.08. The van der Waals surface area contributed by atoms with Gasteiger partial charge in [-0.25, -0.2) is 4.68 Å². The number of piperidine rings is 1. The van der Waals surface area contributed by atoms with Gasteiger partial charge >= 0.3 is 0 Å². The third-order valence-corrected chi connectivity index (χ3v) is 5.18. The number of carbonyl (C=O) groups excluding carboxylic acids is 1. The van der Waals surface area contributed by atoms with Crippen LogP contribution < -0.4 is 10.1 Å². The molecule has 0 spiro atoms. The van der Waals surface area contributed by atoms with E-state index >= 15 is 0 Å². The molecule has 0 saturated carbocycles. The van der Waals surface area contributed by atoms with Gasteiger partial charge in [0.05, 0.1) is 19.3 Å². The van der Waals surface area contributed by atoms with E-state index in [1.165, 1.54) is 12.8 Å². The lowest BCUT2D eigenvalue weighted by molar-refractivity contribution is -0.121. The lowest BCUT2D eigenvalue weighted by Crippen LogP contribution is -2.34. The van der Waals surface area contributed by atoms with Crippen LogP contribution in [-0.4, -0.2) is 61.7 Å². The van der Waals surface area contributed by atoms with E-state index < -0.39 is 0 Å². The van der Waals surface area contributed by atoms with E-state index in [1.54, 1.807) is 12.4 Å². The molecule has 9 nitrogen and oxygen atoms in total. The second-order valence-electron chi connectivity index (χ2n) is 7.80. The Hall–Kier alpha value is -2.55. The Morgan fingerprint density at radius 2 is 2.21 bits per heavy atom. The molecule has 3 heterocycles. The molecule has 0 unspecified atom stereocenters. The smallest absolute Gasteiger partial charge is 0.220 e. The van der Waals surface area contributed by atoms with E-state index in [-0.39, 0.29) is 12.0 Å². The maximum absolute atomic E-state index is 12.1. The number of aryl methyl sites for hydroxylation is 1. The van der Waals surface area contributed by atoms with Gasteiger partial charge in [0.15, 0.2) is 5.82 Å². The van der Waals surface area contributed by atoms with Gasteiger partial charge < -0.3 is 10.1 Å². The van der Waals surface area contributed by atoms with Crippen LogP contribution in [0.5, 0.6) is 5.75 Å². The number of hydrogen-bond donors (Lipinski definition) is 1. The van der Waals surface area contributed by atoms with E-state index in [9.17, 15) is 4.79 Å². The summed E-state index contributed by atoms with van der Waals surface area (Å²) >= 11 is 0. The topological polar surface area (TPSA) is 98.1 Å². The van der Waals surface area contributed by atoms with E-state index in [0.717, 1.165) is 31.4 Å². The number of nitrogens with one attached hydrogen (secondary N) is 1. The second kappa shape index (κ2) is 10.8. The van der Waals surface area contributed by atoms with E-state index in [1.807, 2.05) is 23.7 Å². The van der Waals surface area contributed by atoms with Crippen LogP contribution in [0.3, 0.4) is 0 Å². The monoisotopic (exact) mass is 401 g/mol. The molecular formula is C20H31N7O2. The number of hydrogen-bond acceptors (Lipinski definition) is 7. The fourth-order valence-electron chi connectivity index (χ4n) is 3.36. The average Bonchev–Trinajstić information content (AvgIpc) is 3.16. The zero-order valence-corrected chi connectivity index (χ0v) is 17.3. The lowest BCUT2D eigenvalue weighted by atomic mass is 9.99. The fourth-order valence-corrected chi connectivity index (χ4v) is 3.36. The number of amides is 1. The van der Waals surface area contributed by atoms with E-state index in [4.69, 9.17) is 4.74 Å². The molecule has 29 heavy (non-hydrogen) atoms. The summed E-state index contributed by atoms with van der Waals surface area (Å²) in [5.41, 5.74) is 0. The van der Waals surface area contributed by atoms with Gasteiger partial charge in [0, 0.05) is 19.2 Å². The number of rotatable bonds is 10. The fraction of sp³-hybridized carbons (Fsp3) is 0.650. The molecule has 1 N–H and O–H groups in total. The van der Waals surface area contributed by atoms with Crippen molar-refractivity contribution in [3.8, 4) is 5.75 Å². The van der Waals surface area contributed by atoms with Gasteiger partial charge in [0.25, 0.3) is 0 Å². The van der Waals surface area contributed by atoms with Crippen LogP contribution in [-0.2, 0) is 17.9 Å². The predicted molar refractivity (Wildman–Crippen MR) is 108 cm³/mol. The number of nitrogens with zero attached hydrogens (tertiary/aromatic N) is 6. The summed E-state index contributed by atoms with van der Waals surface area (Å²) in [5, 5.41) is 15.0. The summed E-state index contributed by atoms with van der Waals surface area (Å²) < 4.78 is 7.53. The molecule has 0 aromatic carbocycles. The summed E-state index contributed by atoms with van der Waals surface area (Å²) in [6, 6.07) is 3.67. The van der Waals surface area contributed by atoms with Crippen molar-refractivity contribution in [1.29, 1.82) is 0 Å². The summed E-state index contributed by atoms with van der Waals surface area (Å²) in [5.74, 6) is 2.38. The first-order valence-corrected chi connectivity index (χ1v) is 10.4. The molecule has 1 fully saturated rings. The average molecular weight is 402 g/mol. The van der Waals surface area contributed by atoms with Crippen molar-refractivity contribution < 1.29 is 9.53 Å². The van der Waals surface area contributed by atoms with Crippen molar-refractivity contribution in [1.82, 2.24) is 35.4 Å². The Bertz CT molecular complexity index is 744. The molecule has 0 aliphatic carbocycles. The van der Waals surface area contributed by atoms with Gasteiger partial charge in [-0.3, -0.25) is 14.7 Å². The number of pyridine rings is 1. The highest BCUT2D eigenvalue weighted by atomic mass is 16.5. The van der Waals surface area contributed by atoms with Gasteiger partial charge in [0.2, 0.25) is 5.91 Å². The predicted octanol–water partition coefficient (Wildman–Crippen LogP) is 1.66. The maximum atomic E-state index is 12.1. The molecule has 3 rings (SSSR count). The number of aromatic nitrogens is 5. The lowest BCUT2D eigenvalue weighted by Gasteiger charge is -2.29. The minimum Gasteiger partial charge on any atom is -0.487 e. The van der Waals surface area contributed by atoms with Crippen molar-refractivity contribution in [2.75, 3.05) is 19.6 Å². The first-order chi connectivity index (χ1) is 14.1. The van der Waals surface area contributed by atoms with Crippen LogP contribution in [0.4, 0.5) is 0 Å². The van der Waals surface area contributed by atoms with Gasteiger partial charge in [0.1, 0.15) is 11.9 Å². The summed E-state index contributed by atoms with van der Waals surface area (Å²) in [6.45, 7) is 8.28. The molecule has 1 atom stereocenters. The highest BCUT2D eigenvalue weighted by Crippen LogP contribution is 2.17. The van der Waals surface area contributed by atoms with Crippen LogP contribution in [0.15, 0.2) is 24.5 Å².